The summed E-state index contributed by atoms with van der Waals surface area (Å²) in [4.78, 5) is 0. The van der Waals surface area contributed by atoms with Crippen LogP contribution in [0.15, 0.2) is 18.2 Å². The van der Waals surface area contributed by atoms with Crippen LogP contribution in [-0.4, -0.2) is 12.1 Å². The van der Waals surface area contributed by atoms with Crippen LogP contribution in [0.1, 0.15) is 32.8 Å². The second-order valence-electron chi connectivity index (χ2n) is 5.12. The van der Waals surface area contributed by atoms with Gasteiger partial charge in [0.2, 0.25) is 0 Å². The molecule has 0 spiro atoms. The lowest BCUT2D eigenvalue weighted by Crippen LogP contribution is -2.35. The monoisotopic (exact) mass is 265 g/mol. The first-order valence-electron chi connectivity index (χ1n) is 6.03. The van der Waals surface area contributed by atoms with Gasteiger partial charge in [0.05, 0.1) is 6.61 Å². The lowest BCUT2D eigenvalue weighted by atomic mass is 10.1. The summed E-state index contributed by atoms with van der Waals surface area (Å²) in [6, 6.07) is 5.67. The molecule has 0 heterocycles. The first-order valence-corrected chi connectivity index (χ1v) is 6.40. The molecule has 0 bridgehead atoms. The maximum absolute atomic E-state index is 6.21. The van der Waals surface area contributed by atoms with Gasteiger partial charge in [-0.3, -0.25) is 0 Å². The summed E-state index contributed by atoms with van der Waals surface area (Å²) in [6.45, 7) is 7.53. The number of rotatable bonds is 5. The summed E-state index contributed by atoms with van der Waals surface area (Å²) in [5, 5.41) is 4.12. The van der Waals surface area contributed by atoms with Crippen molar-refractivity contribution < 1.29 is 4.74 Å². The lowest BCUT2D eigenvalue weighted by molar-refractivity contribution is 0.320. The van der Waals surface area contributed by atoms with E-state index < -0.39 is 0 Å². The van der Waals surface area contributed by atoms with Crippen molar-refractivity contribution in [1.29, 1.82) is 0 Å². The zero-order valence-electron chi connectivity index (χ0n) is 11.2. The van der Waals surface area contributed by atoms with Crippen molar-refractivity contribution in [2.45, 2.75) is 39.3 Å². The first kappa shape index (κ1) is 14.9. The van der Waals surface area contributed by atoms with E-state index in [1.807, 2.05) is 18.2 Å². The minimum absolute atomic E-state index is 0.0370. The minimum Gasteiger partial charge on any atom is -0.492 e. The van der Waals surface area contributed by atoms with Crippen LogP contribution in [0, 0.1) is 12.3 Å². The normalized spacial score (nSPS) is 11.1. The Morgan fingerprint density at radius 2 is 2.11 bits per heavy atom. The van der Waals surface area contributed by atoms with Gasteiger partial charge in [0.15, 0.2) is 0 Å². The molecule has 0 amide bonds. The molecule has 0 saturated heterocycles. The highest BCUT2D eigenvalue weighted by molar-refractivity contribution is 6.31. The van der Waals surface area contributed by atoms with Crippen LogP contribution in [0.25, 0.3) is 0 Å². The Morgan fingerprint density at radius 1 is 1.39 bits per heavy atom. The average molecular weight is 266 g/mol. The molecule has 0 aromatic heterocycles. The van der Waals surface area contributed by atoms with Crippen LogP contribution in [0.5, 0.6) is 5.75 Å². The van der Waals surface area contributed by atoms with Crippen molar-refractivity contribution in [1.82, 2.24) is 5.32 Å². The van der Waals surface area contributed by atoms with Crippen molar-refractivity contribution in [2.75, 3.05) is 6.61 Å². The second-order valence-corrected chi connectivity index (χ2v) is 5.53. The molecule has 0 atom stereocenters. The van der Waals surface area contributed by atoms with Crippen LogP contribution in [0.2, 0.25) is 5.02 Å². The summed E-state index contributed by atoms with van der Waals surface area (Å²) in [6.07, 6.45) is 5.80. The molecule has 0 aliphatic heterocycles. The van der Waals surface area contributed by atoms with Crippen molar-refractivity contribution in [3.05, 3.63) is 28.8 Å². The molecule has 0 aliphatic rings. The number of benzene rings is 1. The van der Waals surface area contributed by atoms with E-state index in [-0.39, 0.29) is 5.54 Å². The van der Waals surface area contributed by atoms with Gasteiger partial charge in [-0.15, -0.1) is 12.3 Å². The van der Waals surface area contributed by atoms with Gasteiger partial charge >= 0.3 is 0 Å². The fourth-order valence-corrected chi connectivity index (χ4v) is 1.65. The topological polar surface area (TPSA) is 21.3 Å². The van der Waals surface area contributed by atoms with Gasteiger partial charge in [-0.25, -0.2) is 0 Å². The molecular weight excluding hydrogens is 246 g/mol. The van der Waals surface area contributed by atoms with Gasteiger partial charge in [-0.2, -0.15) is 0 Å². The van der Waals surface area contributed by atoms with Crippen molar-refractivity contribution in [3.8, 4) is 18.1 Å². The van der Waals surface area contributed by atoms with Crippen molar-refractivity contribution in [2.24, 2.45) is 0 Å². The highest BCUT2D eigenvalue weighted by atomic mass is 35.5. The third-order valence-corrected chi connectivity index (χ3v) is 2.73. The Labute approximate surface area is 115 Å². The summed E-state index contributed by atoms with van der Waals surface area (Å²) in [7, 11) is 0. The Hall–Kier alpha value is -1.17. The molecule has 1 aromatic carbocycles. The average Bonchev–Trinajstić information content (AvgIpc) is 2.27. The molecule has 1 rings (SSSR count). The van der Waals surface area contributed by atoms with Gasteiger partial charge < -0.3 is 10.1 Å². The van der Waals surface area contributed by atoms with Gasteiger partial charge in [-0.05, 0) is 32.9 Å². The number of hydrogen-bond donors (Lipinski definition) is 1. The molecule has 0 fully saturated rings. The van der Waals surface area contributed by atoms with Crippen LogP contribution in [-0.2, 0) is 6.54 Å². The quantitative estimate of drug-likeness (QED) is 0.648. The number of halogens is 1. The predicted octanol–water partition coefficient (Wildman–Crippen LogP) is 3.63. The number of terminal acetylenes is 1. The van der Waals surface area contributed by atoms with Gasteiger partial charge in [0.1, 0.15) is 5.75 Å². The first-order chi connectivity index (χ1) is 8.44. The molecule has 3 heteroatoms. The van der Waals surface area contributed by atoms with Gasteiger partial charge in [0.25, 0.3) is 0 Å². The van der Waals surface area contributed by atoms with Gasteiger partial charge in [0, 0.05) is 29.1 Å². The van der Waals surface area contributed by atoms with Crippen LogP contribution < -0.4 is 10.1 Å². The second kappa shape index (κ2) is 6.68. The van der Waals surface area contributed by atoms with E-state index >= 15 is 0 Å². The maximum Gasteiger partial charge on any atom is 0.125 e. The number of ether oxygens (including phenoxy) is 1. The maximum atomic E-state index is 6.21. The molecule has 98 valence electrons. The summed E-state index contributed by atoms with van der Waals surface area (Å²) < 4.78 is 5.66. The lowest BCUT2D eigenvalue weighted by Gasteiger charge is -2.22. The molecule has 1 N–H and O–H groups in total. The van der Waals surface area contributed by atoms with E-state index in [0.29, 0.717) is 24.6 Å². The smallest absolute Gasteiger partial charge is 0.125 e. The van der Waals surface area contributed by atoms with Gasteiger partial charge in [-0.1, -0.05) is 17.7 Å². The standard InChI is InChI=1S/C15H20ClNO/c1-5-6-10-18-14-9-7-8-13(16)12(14)11-17-15(2,3)4/h1,7-9,17H,6,10-11H2,2-4H3. The molecule has 1 aromatic rings. The molecule has 2 nitrogen and oxygen atoms in total. The zero-order valence-corrected chi connectivity index (χ0v) is 12.0. The van der Waals surface area contributed by atoms with E-state index in [1.54, 1.807) is 0 Å². The number of hydrogen-bond acceptors (Lipinski definition) is 2. The minimum atomic E-state index is 0.0370. The van der Waals surface area contributed by atoms with Crippen molar-refractivity contribution >= 4 is 11.6 Å². The largest absolute Gasteiger partial charge is 0.492 e. The fourth-order valence-electron chi connectivity index (χ4n) is 1.42. The Kier molecular flexibility index (Phi) is 5.53. The van der Waals surface area contributed by atoms with E-state index in [9.17, 15) is 0 Å². The highest BCUT2D eigenvalue weighted by Crippen LogP contribution is 2.27. The molecule has 0 aliphatic carbocycles. The van der Waals surface area contributed by atoms with E-state index in [0.717, 1.165) is 11.3 Å². The van der Waals surface area contributed by atoms with E-state index in [2.05, 4.69) is 32.0 Å². The third kappa shape index (κ3) is 5.00. The summed E-state index contributed by atoms with van der Waals surface area (Å²) in [5.41, 5.74) is 1.01. The SMILES string of the molecule is C#CCCOc1cccc(Cl)c1CNC(C)(C)C. The Balaban J connectivity index is 2.77. The van der Waals surface area contributed by atoms with E-state index in [1.165, 1.54) is 0 Å². The zero-order chi connectivity index (χ0) is 13.6. The summed E-state index contributed by atoms with van der Waals surface area (Å²) in [5.74, 6) is 3.36. The van der Waals surface area contributed by atoms with Crippen LogP contribution >= 0.6 is 11.6 Å². The fraction of sp³-hybridized carbons (Fsp3) is 0.467. The Morgan fingerprint density at radius 3 is 2.72 bits per heavy atom. The molecular formula is C15H20ClNO. The van der Waals surface area contributed by atoms with Crippen molar-refractivity contribution in [3.63, 3.8) is 0 Å². The predicted molar refractivity (Wildman–Crippen MR) is 77.0 cm³/mol. The third-order valence-electron chi connectivity index (χ3n) is 2.38. The highest BCUT2D eigenvalue weighted by Gasteiger charge is 2.13. The molecule has 18 heavy (non-hydrogen) atoms. The molecule has 0 unspecified atom stereocenters. The molecule has 0 saturated carbocycles. The summed E-state index contributed by atoms with van der Waals surface area (Å²) >= 11 is 6.21. The van der Waals surface area contributed by atoms with Crippen LogP contribution in [0.4, 0.5) is 0 Å². The molecule has 0 radical (unpaired) electrons. The number of nitrogens with one attached hydrogen (secondary N) is 1. The van der Waals surface area contributed by atoms with E-state index in [4.69, 9.17) is 22.8 Å². The van der Waals surface area contributed by atoms with Crippen LogP contribution in [0.3, 0.4) is 0 Å². The Bertz CT molecular complexity index is 429.